The van der Waals surface area contributed by atoms with Crippen molar-refractivity contribution in [2.24, 2.45) is 0 Å². The minimum Gasteiger partial charge on any atom is -0.507 e. The normalized spacial score (nSPS) is 9.90. The lowest BCUT2D eigenvalue weighted by Gasteiger charge is -2.02. The molecule has 1 aromatic rings. The summed E-state index contributed by atoms with van der Waals surface area (Å²) in [5, 5.41) is 9.30. The number of phenolic OH excluding ortho intramolecular Hbond substituents is 1. The van der Waals surface area contributed by atoms with E-state index in [-0.39, 0.29) is 0 Å². The zero-order chi connectivity index (χ0) is 7.72. The van der Waals surface area contributed by atoms with E-state index in [1.807, 2.05) is 26.0 Å². The van der Waals surface area contributed by atoms with Crippen LogP contribution in [-0.4, -0.2) is 5.11 Å². The molecule has 10 heavy (non-hydrogen) atoms. The fourth-order valence-electron chi connectivity index (χ4n) is 0.933. The summed E-state index contributed by atoms with van der Waals surface area (Å²) in [5.74, 6) is 0.373. The Balaban J connectivity index is 3.31. The highest BCUT2D eigenvalue weighted by atomic mass is 32.1. The molecular weight excluding hydrogens is 144 g/mol. The topological polar surface area (TPSA) is 20.2 Å². The van der Waals surface area contributed by atoms with Crippen LogP contribution in [0, 0.1) is 13.8 Å². The van der Waals surface area contributed by atoms with Crippen molar-refractivity contribution < 1.29 is 5.11 Å². The molecule has 0 aliphatic carbocycles. The molecule has 1 N–H and O–H groups in total. The van der Waals surface area contributed by atoms with E-state index in [1.54, 1.807) is 0 Å². The van der Waals surface area contributed by atoms with E-state index in [2.05, 4.69) is 12.6 Å². The molecule has 0 aromatic heterocycles. The second-order valence-electron chi connectivity index (χ2n) is 2.43. The van der Waals surface area contributed by atoms with Crippen molar-refractivity contribution in [2.45, 2.75) is 18.7 Å². The predicted molar refractivity (Wildman–Crippen MR) is 44.8 cm³/mol. The summed E-state index contributed by atoms with van der Waals surface area (Å²) < 4.78 is 0. The number of benzene rings is 1. The number of phenols is 1. The van der Waals surface area contributed by atoms with Crippen molar-refractivity contribution in [3.8, 4) is 5.75 Å². The summed E-state index contributed by atoms with van der Waals surface area (Å²) >= 11 is 4.16. The lowest BCUT2D eigenvalue weighted by Crippen LogP contribution is -1.79. The van der Waals surface area contributed by atoms with Gasteiger partial charge in [-0.1, -0.05) is 0 Å². The Labute approximate surface area is 66.1 Å². The molecule has 0 spiro atoms. The molecule has 2 heteroatoms. The Morgan fingerprint density at radius 2 is 1.60 bits per heavy atom. The first-order chi connectivity index (χ1) is 4.61. The van der Waals surface area contributed by atoms with Crippen LogP contribution in [-0.2, 0) is 0 Å². The molecule has 0 heterocycles. The maximum Gasteiger partial charge on any atom is 0.121 e. The summed E-state index contributed by atoms with van der Waals surface area (Å²) in [7, 11) is 0. The SMILES string of the molecule is Cc1cc(S)cc(C)c1O. The average molecular weight is 154 g/mol. The fourth-order valence-corrected chi connectivity index (χ4v) is 1.32. The Hall–Kier alpha value is -0.630. The van der Waals surface area contributed by atoms with Crippen LogP contribution in [0.3, 0.4) is 0 Å². The van der Waals surface area contributed by atoms with E-state index in [4.69, 9.17) is 0 Å². The van der Waals surface area contributed by atoms with Crippen molar-refractivity contribution >= 4 is 12.6 Å². The van der Waals surface area contributed by atoms with Gasteiger partial charge in [-0.15, -0.1) is 12.6 Å². The Morgan fingerprint density at radius 1 is 1.20 bits per heavy atom. The quantitative estimate of drug-likeness (QED) is 0.549. The molecular formula is C8H10OS. The van der Waals surface area contributed by atoms with Crippen LogP contribution in [0.4, 0.5) is 0 Å². The van der Waals surface area contributed by atoms with E-state index in [9.17, 15) is 5.11 Å². The van der Waals surface area contributed by atoms with Crippen molar-refractivity contribution in [2.75, 3.05) is 0 Å². The van der Waals surface area contributed by atoms with Crippen LogP contribution in [0.25, 0.3) is 0 Å². The molecule has 0 saturated carbocycles. The van der Waals surface area contributed by atoms with Gasteiger partial charge in [-0.05, 0) is 37.1 Å². The molecule has 1 aromatic carbocycles. The third-order valence-corrected chi connectivity index (χ3v) is 1.73. The van der Waals surface area contributed by atoms with E-state index < -0.39 is 0 Å². The average Bonchev–Trinajstić information content (AvgIpc) is 1.82. The molecule has 0 fully saturated rings. The number of aromatic hydroxyl groups is 1. The third kappa shape index (κ3) is 1.27. The van der Waals surface area contributed by atoms with Crippen molar-refractivity contribution in [1.82, 2.24) is 0 Å². The van der Waals surface area contributed by atoms with Gasteiger partial charge in [0.2, 0.25) is 0 Å². The zero-order valence-electron chi connectivity index (χ0n) is 6.05. The molecule has 0 bridgehead atoms. The lowest BCUT2D eigenvalue weighted by molar-refractivity contribution is 0.466. The standard InChI is InChI=1S/C8H10OS/c1-5-3-7(10)4-6(2)8(5)9/h3-4,9-10H,1-2H3. The summed E-state index contributed by atoms with van der Waals surface area (Å²) in [6.07, 6.45) is 0. The molecule has 0 saturated heterocycles. The second-order valence-corrected chi connectivity index (χ2v) is 2.94. The van der Waals surface area contributed by atoms with Gasteiger partial charge in [0.05, 0.1) is 0 Å². The summed E-state index contributed by atoms with van der Waals surface area (Å²) in [6.45, 7) is 3.73. The molecule has 0 amide bonds. The van der Waals surface area contributed by atoms with Crippen LogP contribution < -0.4 is 0 Å². The lowest BCUT2D eigenvalue weighted by atomic mass is 10.1. The highest BCUT2D eigenvalue weighted by Gasteiger charge is 1.99. The second kappa shape index (κ2) is 2.54. The van der Waals surface area contributed by atoms with Crippen molar-refractivity contribution in [1.29, 1.82) is 0 Å². The van der Waals surface area contributed by atoms with Crippen LogP contribution >= 0.6 is 12.6 Å². The smallest absolute Gasteiger partial charge is 0.121 e. The van der Waals surface area contributed by atoms with Gasteiger partial charge >= 0.3 is 0 Å². The molecule has 1 nitrogen and oxygen atoms in total. The molecule has 54 valence electrons. The van der Waals surface area contributed by atoms with Gasteiger partial charge < -0.3 is 5.11 Å². The van der Waals surface area contributed by atoms with Gasteiger partial charge in [-0.2, -0.15) is 0 Å². The number of aryl methyl sites for hydroxylation is 2. The monoisotopic (exact) mass is 154 g/mol. The van der Waals surface area contributed by atoms with Gasteiger partial charge in [0, 0.05) is 4.90 Å². The maximum atomic E-state index is 9.30. The van der Waals surface area contributed by atoms with Crippen LogP contribution in [0.15, 0.2) is 17.0 Å². The molecule has 0 aliphatic heterocycles. The third-order valence-electron chi connectivity index (χ3n) is 1.48. The van der Waals surface area contributed by atoms with Gasteiger partial charge in [0.15, 0.2) is 0 Å². The van der Waals surface area contributed by atoms with E-state index in [1.165, 1.54) is 0 Å². The molecule has 0 unspecified atom stereocenters. The molecule has 0 aliphatic rings. The van der Waals surface area contributed by atoms with Gasteiger partial charge in [-0.25, -0.2) is 0 Å². The Kier molecular flexibility index (Phi) is 1.90. The van der Waals surface area contributed by atoms with Gasteiger partial charge in [0.25, 0.3) is 0 Å². The molecule has 0 atom stereocenters. The number of thiol groups is 1. The number of hydrogen-bond acceptors (Lipinski definition) is 2. The van der Waals surface area contributed by atoms with Crippen molar-refractivity contribution in [3.63, 3.8) is 0 Å². The van der Waals surface area contributed by atoms with Crippen molar-refractivity contribution in [3.05, 3.63) is 23.3 Å². The first kappa shape index (κ1) is 7.48. The predicted octanol–water partition coefficient (Wildman–Crippen LogP) is 2.30. The maximum absolute atomic E-state index is 9.30. The van der Waals surface area contributed by atoms with Crippen LogP contribution in [0.1, 0.15) is 11.1 Å². The van der Waals surface area contributed by atoms with Crippen LogP contribution in [0.5, 0.6) is 5.75 Å². The van der Waals surface area contributed by atoms with E-state index in [0.29, 0.717) is 5.75 Å². The fraction of sp³-hybridized carbons (Fsp3) is 0.250. The molecule has 1 rings (SSSR count). The van der Waals surface area contributed by atoms with Gasteiger partial charge in [-0.3, -0.25) is 0 Å². The minimum atomic E-state index is 0.373. The zero-order valence-corrected chi connectivity index (χ0v) is 6.94. The molecule has 0 radical (unpaired) electrons. The van der Waals surface area contributed by atoms with E-state index in [0.717, 1.165) is 16.0 Å². The van der Waals surface area contributed by atoms with E-state index >= 15 is 0 Å². The largest absolute Gasteiger partial charge is 0.507 e. The summed E-state index contributed by atoms with van der Waals surface area (Å²) in [4.78, 5) is 0.896. The summed E-state index contributed by atoms with van der Waals surface area (Å²) in [5.41, 5.74) is 1.76. The number of rotatable bonds is 0. The Morgan fingerprint density at radius 3 is 2.00 bits per heavy atom. The minimum absolute atomic E-state index is 0.373. The Bertz CT molecular complexity index is 232. The van der Waals surface area contributed by atoms with Gasteiger partial charge in [0.1, 0.15) is 5.75 Å². The first-order valence-corrected chi connectivity index (χ1v) is 3.55. The van der Waals surface area contributed by atoms with Crippen LogP contribution in [0.2, 0.25) is 0 Å². The summed E-state index contributed by atoms with van der Waals surface area (Å²) in [6, 6.07) is 3.68. The number of hydrogen-bond donors (Lipinski definition) is 2. The highest BCUT2D eigenvalue weighted by molar-refractivity contribution is 7.80. The first-order valence-electron chi connectivity index (χ1n) is 3.10. The highest BCUT2D eigenvalue weighted by Crippen LogP contribution is 2.24.